The van der Waals surface area contributed by atoms with E-state index >= 15 is 0 Å². The summed E-state index contributed by atoms with van der Waals surface area (Å²) in [6, 6.07) is 12.3. The van der Waals surface area contributed by atoms with Crippen molar-refractivity contribution in [3.05, 3.63) is 81.1 Å². The van der Waals surface area contributed by atoms with Crippen LogP contribution in [0, 0.1) is 10.1 Å². The van der Waals surface area contributed by atoms with Crippen molar-refractivity contribution in [3.63, 3.8) is 0 Å². The van der Waals surface area contributed by atoms with Crippen LogP contribution in [0.2, 0.25) is 5.02 Å². The molecular weight excluding hydrogens is 440 g/mol. The lowest BCUT2D eigenvalue weighted by atomic mass is 10.2. The minimum atomic E-state index is -0.691. The highest BCUT2D eigenvalue weighted by atomic mass is 35.5. The molecule has 12 heteroatoms. The Bertz CT molecular complexity index is 1160. The maximum absolute atomic E-state index is 12.3. The molecule has 3 N–H and O–H groups in total. The number of carbonyl (C=O) groups excluding carboxylic acids is 2. The molecule has 0 bridgehead atoms. The summed E-state index contributed by atoms with van der Waals surface area (Å²) in [4.78, 5) is 42.7. The van der Waals surface area contributed by atoms with E-state index in [1.807, 2.05) is 0 Å². The lowest BCUT2D eigenvalue weighted by Gasteiger charge is -2.11. The number of anilines is 3. The second-order valence-electron chi connectivity index (χ2n) is 6.19. The van der Waals surface area contributed by atoms with Crippen LogP contribution in [-0.4, -0.2) is 33.4 Å². The largest absolute Gasteiger partial charge is 0.462 e. The molecule has 0 aliphatic heterocycles. The van der Waals surface area contributed by atoms with Crippen LogP contribution < -0.4 is 16.2 Å². The van der Waals surface area contributed by atoms with Gasteiger partial charge >= 0.3 is 11.7 Å². The predicted octanol–water partition coefficient (Wildman–Crippen LogP) is 3.72. The number of nitrogens with zero attached hydrogens (tertiary/aromatic N) is 3. The van der Waals surface area contributed by atoms with Gasteiger partial charge in [-0.05, 0) is 49.4 Å². The van der Waals surface area contributed by atoms with Crippen LogP contribution in [0.5, 0.6) is 0 Å². The van der Waals surface area contributed by atoms with E-state index in [-0.39, 0.29) is 23.8 Å². The Balaban J connectivity index is 1.78. The second kappa shape index (κ2) is 10.2. The van der Waals surface area contributed by atoms with Gasteiger partial charge in [-0.3, -0.25) is 25.8 Å². The van der Waals surface area contributed by atoms with Crippen molar-refractivity contribution in [1.29, 1.82) is 0 Å². The third-order valence-electron chi connectivity index (χ3n) is 4.04. The van der Waals surface area contributed by atoms with Gasteiger partial charge in [-0.2, -0.15) is 0 Å². The van der Waals surface area contributed by atoms with Gasteiger partial charge < -0.3 is 10.1 Å². The zero-order valence-electron chi connectivity index (χ0n) is 16.7. The van der Waals surface area contributed by atoms with E-state index < -0.39 is 22.5 Å². The molecule has 0 saturated carbocycles. The normalized spacial score (nSPS) is 10.2. The number of halogens is 1. The molecule has 2 aromatic carbocycles. The number of carbonyl (C=O) groups is 2. The van der Waals surface area contributed by atoms with E-state index in [9.17, 15) is 19.7 Å². The van der Waals surface area contributed by atoms with Crippen molar-refractivity contribution in [3.8, 4) is 0 Å². The van der Waals surface area contributed by atoms with Crippen molar-refractivity contribution in [2.75, 3.05) is 17.3 Å². The van der Waals surface area contributed by atoms with E-state index in [1.165, 1.54) is 24.3 Å². The Hall–Kier alpha value is -4.25. The average Bonchev–Trinajstić information content (AvgIpc) is 2.78. The van der Waals surface area contributed by atoms with Gasteiger partial charge in [-0.25, -0.2) is 14.8 Å². The summed E-state index contributed by atoms with van der Waals surface area (Å²) in [7, 11) is 0. The number of ether oxygens (including phenoxy) is 1. The number of hydrogen-bond donors (Lipinski definition) is 3. The molecule has 3 aromatic rings. The van der Waals surface area contributed by atoms with Gasteiger partial charge in [0.25, 0.3) is 5.91 Å². The Morgan fingerprint density at radius 1 is 1.09 bits per heavy atom. The Morgan fingerprint density at radius 3 is 2.47 bits per heavy atom. The predicted molar refractivity (Wildman–Crippen MR) is 117 cm³/mol. The third kappa shape index (κ3) is 5.46. The van der Waals surface area contributed by atoms with Gasteiger partial charge in [0.1, 0.15) is 6.33 Å². The molecule has 0 radical (unpaired) electrons. The zero-order chi connectivity index (χ0) is 23.1. The molecule has 3 rings (SSSR count). The molecule has 1 heterocycles. The highest BCUT2D eigenvalue weighted by Gasteiger charge is 2.24. The van der Waals surface area contributed by atoms with Crippen molar-refractivity contribution in [2.24, 2.45) is 0 Å². The highest BCUT2D eigenvalue weighted by molar-refractivity contribution is 6.30. The Labute approximate surface area is 186 Å². The smallest absolute Gasteiger partial charge is 0.355 e. The van der Waals surface area contributed by atoms with E-state index in [1.54, 1.807) is 31.2 Å². The van der Waals surface area contributed by atoms with Gasteiger partial charge in [0, 0.05) is 16.3 Å². The Morgan fingerprint density at radius 2 is 1.81 bits per heavy atom. The number of aromatic nitrogens is 2. The minimum absolute atomic E-state index is 0.117. The fourth-order valence-corrected chi connectivity index (χ4v) is 2.78. The number of amides is 1. The average molecular weight is 457 g/mol. The van der Waals surface area contributed by atoms with E-state index in [0.29, 0.717) is 16.3 Å². The van der Waals surface area contributed by atoms with E-state index in [4.69, 9.17) is 16.3 Å². The summed E-state index contributed by atoms with van der Waals surface area (Å²) >= 11 is 5.87. The number of hydrogen-bond acceptors (Lipinski definition) is 9. The molecule has 32 heavy (non-hydrogen) atoms. The molecule has 0 aliphatic carbocycles. The zero-order valence-corrected chi connectivity index (χ0v) is 17.4. The molecule has 1 amide bonds. The first-order chi connectivity index (χ1) is 15.4. The first kappa shape index (κ1) is 22.4. The molecule has 164 valence electrons. The fraction of sp³-hybridized carbons (Fsp3) is 0.100. The van der Waals surface area contributed by atoms with Crippen LogP contribution in [-0.2, 0) is 4.74 Å². The lowest BCUT2D eigenvalue weighted by Crippen LogP contribution is -2.30. The van der Waals surface area contributed by atoms with E-state index in [2.05, 4.69) is 26.1 Å². The number of benzene rings is 2. The van der Waals surface area contributed by atoms with Gasteiger partial charge in [0.2, 0.25) is 11.6 Å². The maximum Gasteiger partial charge on any atom is 0.355 e. The summed E-state index contributed by atoms with van der Waals surface area (Å²) in [6.45, 7) is 1.95. The van der Waals surface area contributed by atoms with Crippen LogP contribution in [0.3, 0.4) is 0 Å². The first-order valence-corrected chi connectivity index (χ1v) is 9.62. The molecule has 11 nitrogen and oxygen atoms in total. The molecule has 0 spiro atoms. The summed E-state index contributed by atoms with van der Waals surface area (Å²) in [6.07, 6.45) is 1.09. The van der Waals surface area contributed by atoms with Crippen LogP contribution in [0.1, 0.15) is 27.6 Å². The number of rotatable bonds is 8. The molecule has 0 atom stereocenters. The molecule has 0 saturated heterocycles. The van der Waals surface area contributed by atoms with Crippen LogP contribution in [0.4, 0.5) is 23.0 Å². The standard InChI is InChI=1S/C20H17ClN6O5/c1-2-32-20(29)12-6-8-15(9-7-12)24-17-16(27(30)31)18(23-11-22-17)25-26-19(28)13-4-3-5-14(21)10-13/h3-11H,2H2,1H3,(H,26,28)(H2,22,23,24,25). The fourth-order valence-electron chi connectivity index (χ4n) is 2.59. The summed E-state index contributed by atoms with van der Waals surface area (Å²) in [5.74, 6) is -1.39. The maximum atomic E-state index is 12.3. The van der Waals surface area contributed by atoms with Crippen molar-refractivity contribution in [1.82, 2.24) is 15.4 Å². The second-order valence-corrected chi connectivity index (χ2v) is 6.63. The monoisotopic (exact) mass is 456 g/mol. The quantitative estimate of drug-likeness (QED) is 0.262. The van der Waals surface area contributed by atoms with Gasteiger partial charge in [0.05, 0.1) is 17.1 Å². The highest BCUT2D eigenvalue weighted by Crippen LogP contribution is 2.30. The number of hydrazine groups is 1. The number of esters is 1. The molecular formula is C20H17ClN6O5. The van der Waals surface area contributed by atoms with Crippen LogP contribution in [0.15, 0.2) is 54.9 Å². The summed E-state index contributed by atoms with van der Waals surface area (Å²) in [5, 5.41) is 14.8. The Kier molecular flexibility index (Phi) is 7.13. The SMILES string of the molecule is CCOC(=O)c1ccc(Nc2ncnc(NNC(=O)c3cccc(Cl)c3)c2[N+](=O)[O-])cc1. The van der Waals surface area contributed by atoms with Crippen molar-refractivity contribution in [2.45, 2.75) is 6.92 Å². The van der Waals surface area contributed by atoms with Crippen LogP contribution in [0.25, 0.3) is 0 Å². The lowest BCUT2D eigenvalue weighted by molar-refractivity contribution is -0.383. The first-order valence-electron chi connectivity index (χ1n) is 9.24. The summed E-state index contributed by atoms with van der Waals surface area (Å²) in [5.41, 5.74) is 5.31. The topological polar surface area (TPSA) is 148 Å². The molecule has 0 unspecified atom stereocenters. The van der Waals surface area contributed by atoms with Gasteiger partial charge in [0.15, 0.2) is 0 Å². The molecule has 1 aromatic heterocycles. The third-order valence-corrected chi connectivity index (χ3v) is 4.28. The number of nitro groups is 1. The number of nitrogens with one attached hydrogen (secondary N) is 3. The van der Waals surface area contributed by atoms with Gasteiger partial charge in [-0.1, -0.05) is 17.7 Å². The van der Waals surface area contributed by atoms with Crippen molar-refractivity contribution >= 4 is 46.5 Å². The minimum Gasteiger partial charge on any atom is -0.462 e. The van der Waals surface area contributed by atoms with E-state index in [0.717, 1.165) is 6.33 Å². The summed E-state index contributed by atoms with van der Waals surface area (Å²) < 4.78 is 4.92. The van der Waals surface area contributed by atoms with Gasteiger partial charge in [-0.15, -0.1) is 0 Å². The van der Waals surface area contributed by atoms with Crippen molar-refractivity contribution < 1.29 is 19.2 Å². The molecule has 0 fully saturated rings. The van der Waals surface area contributed by atoms with Crippen LogP contribution >= 0.6 is 11.6 Å². The molecule has 0 aliphatic rings.